The molecule has 0 aromatic carbocycles. The average Bonchev–Trinajstić information content (AvgIpc) is 2.63. The molecule has 0 saturated heterocycles. The zero-order valence-electron chi connectivity index (χ0n) is 8.14. The monoisotopic (exact) mass is 180 g/mol. The lowest BCUT2D eigenvalue weighted by molar-refractivity contribution is -0.137. The molecule has 0 aromatic heterocycles. The van der Waals surface area contributed by atoms with Crippen LogP contribution in [0.2, 0.25) is 0 Å². The smallest absolute Gasteiger partial charge is 0.149 e. The van der Waals surface area contributed by atoms with Gasteiger partial charge in [-0.15, -0.1) is 0 Å². The lowest BCUT2D eigenvalue weighted by atomic mass is 9.81. The van der Waals surface area contributed by atoms with Crippen LogP contribution in [0, 0.1) is 11.3 Å². The van der Waals surface area contributed by atoms with Gasteiger partial charge in [0.05, 0.1) is 5.41 Å². The first-order valence-corrected chi connectivity index (χ1v) is 5.28. The van der Waals surface area contributed by atoms with Gasteiger partial charge in [0.2, 0.25) is 0 Å². The number of rotatable bonds is 1. The van der Waals surface area contributed by atoms with Crippen molar-refractivity contribution in [3.8, 4) is 0 Å². The SMILES string of the molecule is CC[C@@H]1CC[C@]2(CCCC2=O)C1=O. The van der Waals surface area contributed by atoms with Gasteiger partial charge in [-0.25, -0.2) is 0 Å². The second-order valence-corrected chi connectivity index (χ2v) is 4.37. The van der Waals surface area contributed by atoms with Crippen molar-refractivity contribution in [3.63, 3.8) is 0 Å². The summed E-state index contributed by atoms with van der Waals surface area (Å²) in [6, 6.07) is 0. The van der Waals surface area contributed by atoms with Crippen LogP contribution in [0.15, 0.2) is 0 Å². The third kappa shape index (κ3) is 1.07. The van der Waals surface area contributed by atoms with E-state index >= 15 is 0 Å². The number of carbonyl (C=O) groups excluding carboxylic acids is 2. The van der Waals surface area contributed by atoms with Crippen molar-refractivity contribution in [2.24, 2.45) is 11.3 Å². The standard InChI is InChI=1S/C11H16O2/c1-2-8-5-7-11(10(8)13)6-3-4-9(11)12/h8H,2-7H2,1H3/t8-,11+/m1/s1. The van der Waals surface area contributed by atoms with Gasteiger partial charge in [0.25, 0.3) is 0 Å². The Labute approximate surface area is 78.7 Å². The van der Waals surface area contributed by atoms with Crippen molar-refractivity contribution in [2.75, 3.05) is 0 Å². The van der Waals surface area contributed by atoms with Gasteiger partial charge in [-0.3, -0.25) is 9.59 Å². The fourth-order valence-corrected chi connectivity index (χ4v) is 2.91. The van der Waals surface area contributed by atoms with E-state index in [1.807, 2.05) is 6.92 Å². The lowest BCUT2D eigenvalue weighted by Crippen LogP contribution is -2.32. The van der Waals surface area contributed by atoms with Gasteiger partial charge >= 0.3 is 0 Å². The first-order chi connectivity index (χ1) is 6.20. The summed E-state index contributed by atoms with van der Waals surface area (Å²) in [6.07, 6.45) is 5.10. The van der Waals surface area contributed by atoms with Crippen LogP contribution in [0.25, 0.3) is 0 Å². The molecule has 2 rings (SSSR count). The largest absolute Gasteiger partial charge is 0.299 e. The minimum Gasteiger partial charge on any atom is -0.299 e. The van der Waals surface area contributed by atoms with Gasteiger partial charge in [0.15, 0.2) is 0 Å². The van der Waals surface area contributed by atoms with E-state index < -0.39 is 5.41 Å². The zero-order valence-corrected chi connectivity index (χ0v) is 8.14. The molecule has 0 aliphatic heterocycles. The molecular weight excluding hydrogens is 164 g/mol. The number of carbonyl (C=O) groups is 2. The van der Waals surface area contributed by atoms with Crippen LogP contribution in [-0.2, 0) is 9.59 Å². The van der Waals surface area contributed by atoms with Crippen LogP contribution in [0.3, 0.4) is 0 Å². The number of hydrogen-bond acceptors (Lipinski definition) is 2. The van der Waals surface area contributed by atoms with Crippen LogP contribution in [0.5, 0.6) is 0 Å². The summed E-state index contributed by atoms with van der Waals surface area (Å²) in [7, 11) is 0. The molecule has 2 aliphatic carbocycles. The van der Waals surface area contributed by atoms with Gasteiger partial charge in [-0.05, 0) is 32.1 Å². The molecule has 72 valence electrons. The highest BCUT2D eigenvalue weighted by molar-refractivity contribution is 6.10. The van der Waals surface area contributed by atoms with Gasteiger partial charge in [0, 0.05) is 12.3 Å². The normalized spacial score (nSPS) is 39.3. The lowest BCUT2D eigenvalue weighted by Gasteiger charge is -2.18. The Morgan fingerprint density at radius 3 is 2.62 bits per heavy atom. The highest BCUT2D eigenvalue weighted by Crippen LogP contribution is 2.48. The molecule has 2 fully saturated rings. The summed E-state index contributed by atoms with van der Waals surface area (Å²) in [5, 5.41) is 0. The fourth-order valence-electron chi connectivity index (χ4n) is 2.91. The molecule has 0 radical (unpaired) electrons. The first-order valence-electron chi connectivity index (χ1n) is 5.28. The molecule has 0 heterocycles. The number of hydrogen-bond donors (Lipinski definition) is 0. The Kier molecular flexibility index (Phi) is 2.01. The first kappa shape index (κ1) is 8.92. The van der Waals surface area contributed by atoms with Crippen molar-refractivity contribution in [2.45, 2.75) is 45.4 Å². The van der Waals surface area contributed by atoms with E-state index in [-0.39, 0.29) is 17.5 Å². The molecule has 2 atom stereocenters. The third-order valence-corrected chi connectivity index (χ3v) is 3.80. The second kappa shape index (κ2) is 2.93. The Morgan fingerprint density at radius 2 is 2.15 bits per heavy atom. The van der Waals surface area contributed by atoms with E-state index in [9.17, 15) is 9.59 Å². The second-order valence-electron chi connectivity index (χ2n) is 4.37. The van der Waals surface area contributed by atoms with E-state index in [1.54, 1.807) is 0 Å². The Bertz CT molecular complexity index is 257. The summed E-state index contributed by atoms with van der Waals surface area (Å²) in [4.78, 5) is 23.6. The van der Waals surface area contributed by atoms with E-state index in [0.717, 1.165) is 32.1 Å². The van der Waals surface area contributed by atoms with E-state index in [4.69, 9.17) is 0 Å². The van der Waals surface area contributed by atoms with Crippen LogP contribution in [0.1, 0.15) is 45.4 Å². The fraction of sp³-hybridized carbons (Fsp3) is 0.818. The molecule has 2 saturated carbocycles. The molecule has 0 aromatic rings. The van der Waals surface area contributed by atoms with Crippen molar-refractivity contribution in [3.05, 3.63) is 0 Å². The quantitative estimate of drug-likeness (QED) is 0.579. The maximum absolute atomic E-state index is 12.0. The molecular formula is C11H16O2. The van der Waals surface area contributed by atoms with Crippen molar-refractivity contribution >= 4 is 11.6 Å². The van der Waals surface area contributed by atoms with Gasteiger partial charge in [0.1, 0.15) is 11.6 Å². The molecule has 2 heteroatoms. The molecule has 0 amide bonds. The summed E-state index contributed by atoms with van der Waals surface area (Å²) in [6.45, 7) is 2.04. The van der Waals surface area contributed by atoms with Crippen molar-refractivity contribution < 1.29 is 9.59 Å². The molecule has 2 aliphatic rings. The molecule has 2 nitrogen and oxygen atoms in total. The molecule has 0 N–H and O–H groups in total. The zero-order chi connectivity index (χ0) is 9.47. The van der Waals surface area contributed by atoms with Crippen LogP contribution in [0.4, 0.5) is 0 Å². The average molecular weight is 180 g/mol. The van der Waals surface area contributed by atoms with Crippen molar-refractivity contribution in [1.82, 2.24) is 0 Å². The Hall–Kier alpha value is -0.660. The summed E-state index contributed by atoms with van der Waals surface area (Å²) in [5.74, 6) is 0.674. The minimum atomic E-state index is -0.499. The molecule has 0 unspecified atom stereocenters. The minimum absolute atomic E-state index is 0.182. The predicted octanol–water partition coefficient (Wildman–Crippen LogP) is 2.11. The van der Waals surface area contributed by atoms with Crippen LogP contribution in [-0.4, -0.2) is 11.6 Å². The molecule has 1 spiro atoms. The van der Waals surface area contributed by atoms with E-state index in [1.165, 1.54) is 0 Å². The van der Waals surface area contributed by atoms with E-state index in [2.05, 4.69) is 0 Å². The van der Waals surface area contributed by atoms with Gasteiger partial charge in [-0.1, -0.05) is 6.92 Å². The predicted molar refractivity (Wildman–Crippen MR) is 49.3 cm³/mol. The Morgan fingerprint density at radius 1 is 1.38 bits per heavy atom. The molecule has 13 heavy (non-hydrogen) atoms. The summed E-state index contributed by atoms with van der Waals surface area (Å²) >= 11 is 0. The molecule has 0 bridgehead atoms. The maximum Gasteiger partial charge on any atom is 0.149 e. The van der Waals surface area contributed by atoms with Gasteiger partial charge < -0.3 is 0 Å². The van der Waals surface area contributed by atoms with Crippen LogP contribution < -0.4 is 0 Å². The van der Waals surface area contributed by atoms with Crippen molar-refractivity contribution in [1.29, 1.82) is 0 Å². The third-order valence-electron chi connectivity index (χ3n) is 3.80. The Balaban J connectivity index is 2.26. The topological polar surface area (TPSA) is 34.1 Å². The highest BCUT2D eigenvalue weighted by Gasteiger charge is 2.53. The summed E-state index contributed by atoms with van der Waals surface area (Å²) in [5.41, 5.74) is -0.499. The number of Topliss-reactive ketones (excluding diaryl/α,β-unsaturated/α-hetero) is 2. The van der Waals surface area contributed by atoms with Crippen LogP contribution >= 0.6 is 0 Å². The summed E-state index contributed by atoms with van der Waals surface area (Å²) < 4.78 is 0. The van der Waals surface area contributed by atoms with E-state index in [0.29, 0.717) is 6.42 Å². The number of ketones is 2. The van der Waals surface area contributed by atoms with Gasteiger partial charge in [-0.2, -0.15) is 0 Å². The maximum atomic E-state index is 12.0. The highest BCUT2D eigenvalue weighted by atomic mass is 16.2.